The summed E-state index contributed by atoms with van der Waals surface area (Å²) in [6.07, 6.45) is -4.45. The van der Waals surface area contributed by atoms with E-state index >= 15 is 0 Å². The van der Waals surface area contributed by atoms with E-state index in [1.807, 2.05) is 6.07 Å². The van der Waals surface area contributed by atoms with Gasteiger partial charge in [0.2, 0.25) is 5.89 Å². The fourth-order valence-corrected chi connectivity index (χ4v) is 2.89. The monoisotopic (exact) mass is 437 g/mol. The molecule has 9 heteroatoms. The van der Waals surface area contributed by atoms with Crippen LogP contribution in [0.4, 0.5) is 19.2 Å². The molecule has 0 aliphatic heterocycles. The largest absolute Gasteiger partial charge is 0.416 e. The third-order valence-electron chi connectivity index (χ3n) is 4.55. The molecule has 0 aliphatic rings. The second kappa shape index (κ2) is 8.46. The van der Waals surface area contributed by atoms with E-state index < -0.39 is 17.6 Å². The van der Waals surface area contributed by atoms with Crippen LogP contribution in [0.25, 0.3) is 11.5 Å². The van der Waals surface area contributed by atoms with E-state index in [4.69, 9.17) is 4.42 Å². The summed E-state index contributed by atoms with van der Waals surface area (Å²) in [5.74, 6) is -0.764. The zero-order chi connectivity index (χ0) is 22.7. The van der Waals surface area contributed by atoms with Crippen LogP contribution in [0.15, 0.2) is 83.3 Å². The number of carbonyl (C=O) groups is 2. The molecule has 0 bridgehead atoms. The maximum atomic E-state index is 12.7. The summed E-state index contributed by atoms with van der Waals surface area (Å²) in [5.41, 5.74) is 0.684. The Hall–Kier alpha value is -4.27. The number of benzene rings is 3. The van der Waals surface area contributed by atoms with Crippen molar-refractivity contribution in [3.8, 4) is 11.5 Å². The van der Waals surface area contributed by atoms with Crippen molar-refractivity contribution < 1.29 is 27.2 Å². The number of nitrogens with one attached hydrogen (secondary N) is 1. The molecule has 0 saturated heterocycles. The third-order valence-corrected chi connectivity index (χ3v) is 4.55. The number of halogens is 3. The van der Waals surface area contributed by atoms with Crippen LogP contribution in [0, 0.1) is 0 Å². The molecule has 0 fully saturated rings. The van der Waals surface area contributed by atoms with Gasteiger partial charge in [0.15, 0.2) is 5.78 Å². The first-order chi connectivity index (χ1) is 15.3. The van der Waals surface area contributed by atoms with Gasteiger partial charge in [0.1, 0.15) is 0 Å². The number of nitrogens with zero attached hydrogens (tertiary/aromatic N) is 2. The zero-order valence-electron chi connectivity index (χ0n) is 16.3. The van der Waals surface area contributed by atoms with Crippen LogP contribution in [-0.2, 0) is 6.18 Å². The van der Waals surface area contributed by atoms with E-state index in [9.17, 15) is 22.8 Å². The summed E-state index contributed by atoms with van der Waals surface area (Å²) in [5, 5.41) is 9.85. The molecule has 1 heterocycles. The van der Waals surface area contributed by atoms with Crippen LogP contribution in [0.3, 0.4) is 0 Å². The number of aromatic nitrogens is 2. The Kier molecular flexibility index (Phi) is 5.55. The number of amides is 1. The van der Waals surface area contributed by atoms with Gasteiger partial charge in [-0.3, -0.25) is 14.9 Å². The Labute approximate surface area is 179 Å². The molecule has 1 N–H and O–H groups in total. The molecular weight excluding hydrogens is 423 g/mol. The Bertz CT molecular complexity index is 1250. The lowest BCUT2D eigenvalue weighted by Crippen LogP contribution is -2.12. The van der Waals surface area contributed by atoms with Crippen LogP contribution in [-0.4, -0.2) is 21.9 Å². The Morgan fingerprint density at radius 3 is 1.97 bits per heavy atom. The van der Waals surface area contributed by atoms with Crippen molar-refractivity contribution in [2.45, 2.75) is 6.18 Å². The minimum absolute atomic E-state index is 0.0437. The van der Waals surface area contributed by atoms with E-state index in [0.29, 0.717) is 11.1 Å². The molecule has 0 saturated carbocycles. The molecule has 1 amide bonds. The summed E-state index contributed by atoms with van der Waals surface area (Å²) in [4.78, 5) is 24.9. The first kappa shape index (κ1) is 21.0. The summed E-state index contributed by atoms with van der Waals surface area (Å²) in [6, 6.07) is 18.8. The van der Waals surface area contributed by atoms with Crippen molar-refractivity contribution in [1.29, 1.82) is 0 Å². The highest BCUT2D eigenvalue weighted by Crippen LogP contribution is 2.31. The molecule has 0 atom stereocenters. The van der Waals surface area contributed by atoms with Gasteiger partial charge in [-0.25, -0.2) is 0 Å². The average molecular weight is 437 g/mol. The lowest BCUT2D eigenvalue weighted by molar-refractivity contribution is -0.137. The second-order valence-corrected chi connectivity index (χ2v) is 6.71. The molecule has 0 unspecified atom stereocenters. The predicted octanol–water partition coefficient (Wildman–Crippen LogP) is 5.24. The lowest BCUT2D eigenvalue weighted by atomic mass is 10.0. The normalized spacial score (nSPS) is 11.2. The predicted molar refractivity (Wildman–Crippen MR) is 109 cm³/mol. The highest BCUT2D eigenvalue weighted by Gasteiger charge is 2.30. The summed E-state index contributed by atoms with van der Waals surface area (Å²) in [6.45, 7) is 0. The highest BCUT2D eigenvalue weighted by atomic mass is 19.4. The number of anilines is 1. The third kappa shape index (κ3) is 4.56. The average Bonchev–Trinajstić information content (AvgIpc) is 3.27. The quantitative estimate of drug-likeness (QED) is 0.432. The van der Waals surface area contributed by atoms with Gasteiger partial charge < -0.3 is 4.42 Å². The Morgan fingerprint density at radius 1 is 0.750 bits per heavy atom. The summed E-state index contributed by atoms with van der Waals surface area (Å²) >= 11 is 0. The van der Waals surface area contributed by atoms with Crippen LogP contribution < -0.4 is 5.32 Å². The van der Waals surface area contributed by atoms with Crippen LogP contribution >= 0.6 is 0 Å². The smallest absolute Gasteiger partial charge is 0.403 e. The van der Waals surface area contributed by atoms with Crippen LogP contribution in [0.1, 0.15) is 31.8 Å². The molecule has 1 aromatic heterocycles. The Balaban J connectivity index is 1.43. The van der Waals surface area contributed by atoms with Crippen molar-refractivity contribution in [3.05, 3.63) is 101 Å². The SMILES string of the molecule is O=C(Nc1nnc(-c2ccc(C(F)(F)F)cc2)o1)c1ccc(C(=O)c2ccccc2)cc1. The van der Waals surface area contributed by atoms with Crippen molar-refractivity contribution >= 4 is 17.7 Å². The Morgan fingerprint density at radius 2 is 1.34 bits per heavy atom. The number of ketones is 1. The number of carbonyl (C=O) groups excluding carboxylic acids is 2. The van der Waals surface area contributed by atoms with Crippen LogP contribution in [0.5, 0.6) is 0 Å². The highest BCUT2D eigenvalue weighted by molar-refractivity contribution is 6.10. The molecule has 4 rings (SSSR count). The van der Waals surface area contributed by atoms with Crippen molar-refractivity contribution in [2.75, 3.05) is 5.32 Å². The molecule has 0 radical (unpaired) electrons. The van der Waals surface area contributed by atoms with Gasteiger partial charge in [-0.05, 0) is 36.4 Å². The first-order valence-electron chi connectivity index (χ1n) is 9.33. The van der Waals surface area contributed by atoms with Crippen molar-refractivity contribution in [3.63, 3.8) is 0 Å². The molecule has 3 aromatic carbocycles. The molecule has 160 valence electrons. The van der Waals surface area contributed by atoms with E-state index in [1.54, 1.807) is 24.3 Å². The van der Waals surface area contributed by atoms with Gasteiger partial charge in [-0.1, -0.05) is 47.6 Å². The topological polar surface area (TPSA) is 85.1 Å². The standard InChI is InChI=1S/C23H14F3N3O3/c24-23(25,26)18-12-10-17(11-13-18)21-28-29-22(32-21)27-20(31)16-8-6-15(7-9-16)19(30)14-4-2-1-3-5-14/h1-13H,(H,27,29,31). The number of alkyl halides is 3. The molecule has 32 heavy (non-hydrogen) atoms. The first-order valence-corrected chi connectivity index (χ1v) is 9.33. The number of hydrogen-bond acceptors (Lipinski definition) is 5. The number of rotatable bonds is 5. The van der Waals surface area contributed by atoms with Gasteiger partial charge >= 0.3 is 12.2 Å². The van der Waals surface area contributed by atoms with Crippen molar-refractivity contribution in [2.24, 2.45) is 0 Å². The van der Waals surface area contributed by atoms with Crippen molar-refractivity contribution in [1.82, 2.24) is 10.2 Å². The van der Waals surface area contributed by atoms with Crippen LogP contribution in [0.2, 0.25) is 0 Å². The second-order valence-electron chi connectivity index (χ2n) is 6.71. The minimum atomic E-state index is -4.45. The molecule has 4 aromatic rings. The number of hydrogen-bond donors (Lipinski definition) is 1. The fourth-order valence-electron chi connectivity index (χ4n) is 2.89. The van der Waals surface area contributed by atoms with Gasteiger partial charge in [0.05, 0.1) is 5.56 Å². The van der Waals surface area contributed by atoms with Gasteiger partial charge in [0.25, 0.3) is 5.91 Å². The summed E-state index contributed by atoms with van der Waals surface area (Å²) in [7, 11) is 0. The molecule has 0 aliphatic carbocycles. The van der Waals surface area contributed by atoms with Gasteiger partial charge in [0, 0.05) is 22.3 Å². The maximum absolute atomic E-state index is 12.7. The van der Waals surface area contributed by atoms with E-state index in [-0.39, 0.29) is 28.8 Å². The lowest BCUT2D eigenvalue weighted by Gasteiger charge is -2.06. The minimum Gasteiger partial charge on any atom is -0.403 e. The molecular formula is C23H14F3N3O3. The van der Waals surface area contributed by atoms with E-state index in [2.05, 4.69) is 15.5 Å². The maximum Gasteiger partial charge on any atom is 0.416 e. The molecule has 0 spiro atoms. The summed E-state index contributed by atoms with van der Waals surface area (Å²) < 4.78 is 43.3. The zero-order valence-corrected chi connectivity index (χ0v) is 16.3. The van der Waals surface area contributed by atoms with E-state index in [0.717, 1.165) is 12.1 Å². The van der Waals surface area contributed by atoms with E-state index in [1.165, 1.54) is 36.4 Å². The fraction of sp³-hybridized carbons (Fsp3) is 0.0435. The van der Waals surface area contributed by atoms with Gasteiger partial charge in [-0.2, -0.15) is 13.2 Å². The molecule has 6 nitrogen and oxygen atoms in total. The van der Waals surface area contributed by atoms with Gasteiger partial charge in [-0.15, -0.1) is 5.10 Å².